The van der Waals surface area contributed by atoms with Gasteiger partial charge in [0, 0.05) is 24.5 Å². The average molecular weight is 385 g/mol. The standard InChI is InChI=1S/C23H19N3O3/c1-16-9-18(19-11-20(15-24-14-19)22-25-7-8-28-22)12-21(10-16)29-23(27)26-13-17-5-3-2-4-6-17/h2-12,14-15H,13H2,1H3,(H,26,27). The van der Waals surface area contributed by atoms with Crippen LogP contribution in [0.25, 0.3) is 22.6 Å². The lowest BCUT2D eigenvalue weighted by molar-refractivity contribution is 0.200. The Morgan fingerprint density at radius 1 is 1.03 bits per heavy atom. The third-order valence-electron chi connectivity index (χ3n) is 4.29. The first-order chi connectivity index (χ1) is 14.2. The van der Waals surface area contributed by atoms with E-state index in [9.17, 15) is 4.79 Å². The Balaban J connectivity index is 1.50. The molecule has 2 heterocycles. The van der Waals surface area contributed by atoms with Crippen LogP contribution in [0.15, 0.2) is 83.9 Å². The van der Waals surface area contributed by atoms with Gasteiger partial charge in [0.1, 0.15) is 12.0 Å². The number of carbonyl (C=O) groups is 1. The minimum Gasteiger partial charge on any atom is -0.444 e. The van der Waals surface area contributed by atoms with Crippen LogP contribution in [0.1, 0.15) is 11.1 Å². The molecule has 0 fully saturated rings. The summed E-state index contributed by atoms with van der Waals surface area (Å²) in [6.45, 7) is 2.35. The second-order valence-electron chi connectivity index (χ2n) is 6.56. The number of hydrogen-bond acceptors (Lipinski definition) is 5. The molecule has 0 aliphatic heterocycles. The van der Waals surface area contributed by atoms with Gasteiger partial charge in [-0.25, -0.2) is 9.78 Å². The first-order valence-electron chi connectivity index (χ1n) is 9.14. The predicted octanol–water partition coefficient (Wildman–Crippen LogP) is 5.00. The van der Waals surface area contributed by atoms with Crippen molar-refractivity contribution in [2.45, 2.75) is 13.5 Å². The summed E-state index contributed by atoms with van der Waals surface area (Å²) in [5.74, 6) is 0.968. The maximum Gasteiger partial charge on any atom is 0.412 e. The van der Waals surface area contributed by atoms with Crippen molar-refractivity contribution in [1.82, 2.24) is 15.3 Å². The molecule has 0 aliphatic carbocycles. The van der Waals surface area contributed by atoms with Crippen LogP contribution in [-0.4, -0.2) is 16.1 Å². The maximum atomic E-state index is 12.2. The molecule has 2 aromatic heterocycles. The molecule has 1 N–H and O–H groups in total. The number of pyridine rings is 1. The van der Waals surface area contributed by atoms with Gasteiger partial charge in [0.2, 0.25) is 5.89 Å². The number of aryl methyl sites for hydroxylation is 1. The number of nitrogens with zero attached hydrogens (tertiary/aromatic N) is 2. The topological polar surface area (TPSA) is 77.2 Å². The second kappa shape index (κ2) is 8.39. The summed E-state index contributed by atoms with van der Waals surface area (Å²) in [5.41, 5.74) is 4.51. The molecule has 29 heavy (non-hydrogen) atoms. The zero-order chi connectivity index (χ0) is 20.1. The number of nitrogens with one attached hydrogen (secondary N) is 1. The Morgan fingerprint density at radius 3 is 2.66 bits per heavy atom. The van der Waals surface area contributed by atoms with Gasteiger partial charge >= 0.3 is 6.09 Å². The van der Waals surface area contributed by atoms with E-state index in [0.29, 0.717) is 18.2 Å². The zero-order valence-electron chi connectivity index (χ0n) is 15.8. The van der Waals surface area contributed by atoms with Crippen molar-refractivity contribution >= 4 is 6.09 Å². The molecule has 4 aromatic rings. The summed E-state index contributed by atoms with van der Waals surface area (Å²) in [5, 5.41) is 2.76. The number of ether oxygens (including phenoxy) is 1. The van der Waals surface area contributed by atoms with Crippen molar-refractivity contribution in [1.29, 1.82) is 0 Å². The van der Waals surface area contributed by atoms with Crippen molar-refractivity contribution < 1.29 is 13.9 Å². The molecular formula is C23H19N3O3. The lowest BCUT2D eigenvalue weighted by Crippen LogP contribution is -2.26. The van der Waals surface area contributed by atoms with Crippen LogP contribution in [0.4, 0.5) is 4.79 Å². The highest BCUT2D eigenvalue weighted by molar-refractivity contribution is 5.73. The molecule has 4 rings (SSSR count). The smallest absolute Gasteiger partial charge is 0.412 e. The highest BCUT2D eigenvalue weighted by Crippen LogP contribution is 2.28. The van der Waals surface area contributed by atoms with E-state index in [4.69, 9.17) is 9.15 Å². The average Bonchev–Trinajstić information content (AvgIpc) is 3.28. The minimum absolute atomic E-state index is 0.403. The van der Waals surface area contributed by atoms with E-state index in [1.165, 1.54) is 6.26 Å². The second-order valence-corrected chi connectivity index (χ2v) is 6.56. The third kappa shape index (κ3) is 4.68. The maximum absolute atomic E-state index is 12.2. The molecule has 6 heteroatoms. The highest BCUT2D eigenvalue weighted by Gasteiger charge is 2.10. The van der Waals surface area contributed by atoms with Crippen molar-refractivity contribution in [3.05, 3.63) is 90.6 Å². The molecular weight excluding hydrogens is 366 g/mol. The highest BCUT2D eigenvalue weighted by atomic mass is 16.6. The fraction of sp³-hybridized carbons (Fsp3) is 0.0870. The molecule has 0 saturated heterocycles. The van der Waals surface area contributed by atoms with E-state index >= 15 is 0 Å². The van der Waals surface area contributed by atoms with E-state index in [2.05, 4.69) is 15.3 Å². The predicted molar refractivity (Wildman–Crippen MR) is 109 cm³/mol. The van der Waals surface area contributed by atoms with Crippen LogP contribution in [0.2, 0.25) is 0 Å². The van der Waals surface area contributed by atoms with Crippen LogP contribution in [0, 0.1) is 6.92 Å². The Kier molecular flexibility index (Phi) is 5.33. The summed E-state index contributed by atoms with van der Waals surface area (Å²) in [4.78, 5) is 20.6. The molecule has 0 aliphatic rings. The number of oxazole rings is 1. The molecule has 6 nitrogen and oxygen atoms in total. The van der Waals surface area contributed by atoms with Gasteiger partial charge in [-0.15, -0.1) is 0 Å². The van der Waals surface area contributed by atoms with Crippen molar-refractivity contribution in [2.24, 2.45) is 0 Å². The Bertz CT molecular complexity index is 1110. The Morgan fingerprint density at radius 2 is 1.86 bits per heavy atom. The van der Waals surface area contributed by atoms with E-state index in [-0.39, 0.29) is 0 Å². The number of aromatic nitrogens is 2. The van der Waals surface area contributed by atoms with Crippen LogP contribution >= 0.6 is 0 Å². The van der Waals surface area contributed by atoms with E-state index < -0.39 is 6.09 Å². The molecule has 0 radical (unpaired) electrons. The lowest BCUT2D eigenvalue weighted by Gasteiger charge is -2.10. The SMILES string of the molecule is Cc1cc(OC(=O)NCc2ccccc2)cc(-c2cncc(-c3ncco3)c2)c1. The molecule has 0 saturated carbocycles. The Labute approximate surface area is 168 Å². The zero-order valence-corrected chi connectivity index (χ0v) is 15.8. The van der Waals surface area contributed by atoms with Gasteiger partial charge in [-0.05, 0) is 41.8 Å². The van der Waals surface area contributed by atoms with Crippen molar-refractivity contribution in [2.75, 3.05) is 0 Å². The number of benzene rings is 2. The third-order valence-corrected chi connectivity index (χ3v) is 4.29. The van der Waals surface area contributed by atoms with Crippen molar-refractivity contribution in [3.8, 4) is 28.3 Å². The molecule has 0 spiro atoms. The minimum atomic E-state index is -0.503. The van der Waals surface area contributed by atoms with Crippen LogP contribution < -0.4 is 10.1 Å². The molecule has 0 atom stereocenters. The van der Waals surface area contributed by atoms with Crippen LogP contribution in [0.3, 0.4) is 0 Å². The van der Waals surface area contributed by atoms with Gasteiger partial charge in [0.15, 0.2) is 0 Å². The van der Waals surface area contributed by atoms with Gasteiger partial charge in [-0.1, -0.05) is 36.4 Å². The fourth-order valence-corrected chi connectivity index (χ4v) is 2.97. The quantitative estimate of drug-likeness (QED) is 0.523. The van der Waals surface area contributed by atoms with Gasteiger partial charge in [-0.3, -0.25) is 4.98 Å². The fourth-order valence-electron chi connectivity index (χ4n) is 2.97. The summed E-state index contributed by atoms with van der Waals surface area (Å²) in [6.07, 6.45) is 6.06. The summed E-state index contributed by atoms with van der Waals surface area (Å²) >= 11 is 0. The first-order valence-corrected chi connectivity index (χ1v) is 9.14. The molecule has 2 aromatic carbocycles. The molecule has 144 valence electrons. The molecule has 0 bridgehead atoms. The lowest BCUT2D eigenvalue weighted by atomic mass is 10.0. The molecule has 0 unspecified atom stereocenters. The number of rotatable bonds is 5. The monoisotopic (exact) mass is 385 g/mol. The van der Waals surface area contributed by atoms with Gasteiger partial charge < -0.3 is 14.5 Å². The molecule has 1 amide bonds. The van der Waals surface area contributed by atoms with E-state index in [1.807, 2.05) is 61.5 Å². The summed E-state index contributed by atoms with van der Waals surface area (Å²) < 4.78 is 10.8. The van der Waals surface area contributed by atoms with Gasteiger partial charge in [0.25, 0.3) is 0 Å². The van der Waals surface area contributed by atoms with E-state index in [1.54, 1.807) is 18.6 Å². The van der Waals surface area contributed by atoms with Gasteiger partial charge in [-0.2, -0.15) is 0 Å². The number of hydrogen-bond donors (Lipinski definition) is 1. The first kappa shape index (κ1) is 18.4. The van der Waals surface area contributed by atoms with Gasteiger partial charge in [0.05, 0.1) is 11.8 Å². The normalized spacial score (nSPS) is 10.5. The van der Waals surface area contributed by atoms with Crippen LogP contribution in [-0.2, 0) is 6.54 Å². The number of carbonyl (C=O) groups excluding carboxylic acids is 1. The van der Waals surface area contributed by atoms with E-state index in [0.717, 1.165) is 27.8 Å². The Hall–Kier alpha value is -3.93. The van der Waals surface area contributed by atoms with Crippen LogP contribution in [0.5, 0.6) is 5.75 Å². The largest absolute Gasteiger partial charge is 0.444 e. The van der Waals surface area contributed by atoms with Crippen molar-refractivity contribution in [3.63, 3.8) is 0 Å². The summed E-state index contributed by atoms with van der Waals surface area (Å²) in [7, 11) is 0. The summed E-state index contributed by atoms with van der Waals surface area (Å²) in [6, 6.07) is 17.2. The number of amides is 1.